The van der Waals surface area contributed by atoms with Gasteiger partial charge in [-0.05, 0) is 24.8 Å². The van der Waals surface area contributed by atoms with Crippen molar-refractivity contribution in [1.29, 1.82) is 0 Å². The molecule has 2 amide bonds. The van der Waals surface area contributed by atoms with Gasteiger partial charge in [0, 0.05) is 18.7 Å². The van der Waals surface area contributed by atoms with Gasteiger partial charge >= 0.3 is 0 Å². The number of thioether (sulfide) groups is 1. The van der Waals surface area contributed by atoms with E-state index in [1.54, 1.807) is 4.90 Å². The highest BCUT2D eigenvalue weighted by Crippen LogP contribution is 2.44. The number of carbonyl (C=O) groups excluding carboxylic acids is 2. The molecule has 4 nitrogen and oxygen atoms in total. The van der Waals surface area contributed by atoms with Crippen molar-refractivity contribution in [3.05, 3.63) is 34.7 Å². The van der Waals surface area contributed by atoms with Crippen molar-refractivity contribution in [1.82, 2.24) is 4.90 Å². The first-order chi connectivity index (χ1) is 14.0. The Morgan fingerprint density at radius 2 is 1.72 bits per heavy atom. The summed E-state index contributed by atoms with van der Waals surface area (Å²) in [5, 5.41) is 0. The number of amides is 2. The van der Waals surface area contributed by atoms with Crippen molar-refractivity contribution in [2.75, 3.05) is 18.0 Å². The van der Waals surface area contributed by atoms with Crippen molar-refractivity contribution in [3.8, 4) is 0 Å². The van der Waals surface area contributed by atoms with E-state index in [4.69, 9.17) is 12.2 Å². The minimum absolute atomic E-state index is 0.0711. The van der Waals surface area contributed by atoms with Gasteiger partial charge in [-0.1, -0.05) is 88.6 Å². The zero-order valence-corrected chi connectivity index (χ0v) is 19.2. The molecular weight excluding hydrogens is 400 g/mol. The molecule has 29 heavy (non-hydrogen) atoms. The second-order valence-corrected chi connectivity index (χ2v) is 9.38. The molecule has 1 aromatic rings. The van der Waals surface area contributed by atoms with Crippen molar-refractivity contribution in [2.45, 2.75) is 59.3 Å². The molecule has 0 saturated carbocycles. The number of unbranched alkanes of at least 4 members (excludes halogenated alkanes) is 2. The second-order valence-electron chi connectivity index (χ2n) is 7.73. The molecule has 0 bridgehead atoms. The number of rotatable bonds is 9. The molecule has 0 spiro atoms. The highest BCUT2D eigenvalue weighted by molar-refractivity contribution is 8.26. The predicted molar refractivity (Wildman–Crippen MR) is 126 cm³/mol. The normalized spacial score (nSPS) is 20.0. The van der Waals surface area contributed by atoms with Gasteiger partial charge in [0.25, 0.3) is 11.8 Å². The zero-order chi connectivity index (χ0) is 21.0. The SMILES string of the molecule is CCCC[C@@H](CC)CN1C(=O)/C(=C2/C(=O)N(CCCC)c3ccccc32)SC1=S. The molecule has 0 aromatic heterocycles. The molecule has 3 rings (SSSR count). The lowest BCUT2D eigenvalue weighted by Gasteiger charge is -2.21. The second kappa shape index (κ2) is 9.90. The van der Waals surface area contributed by atoms with E-state index >= 15 is 0 Å². The standard InChI is InChI=1S/C23H30N2O2S2/c1-4-7-11-16(6-3)15-25-22(27)20(29-23(25)28)19-17-12-9-10-13-18(17)24(21(19)26)14-8-5-2/h9-10,12-13,16H,4-8,11,14-15H2,1-3H3/b20-19-/t16-/m1/s1. The lowest BCUT2D eigenvalue weighted by molar-refractivity contribution is -0.123. The van der Waals surface area contributed by atoms with Gasteiger partial charge in [0.15, 0.2) is 0 Å². The first-order valence-electron chi connectivity index (χ1n) is 10.7. The summed E-state index contributed by atoms with van der Waals surface area (Å²) in [6.07, 6.45) is 6.38. The Morgan fingerprint density at radius 1 is 1.00 bits per heavy atom. The number of thiocarbonyl (C=S) groups is 1. The molecule has 0 N–H and O–H groups in total. The monoisotopic (exact) mass is 430 g/mol. The van der Waals surface area contributed by atoms with Crippen LogP contribution >= 0.6 is 24.0 Å². The van der Waals surface area contributed by atoms with Gasteiger partial charge in [0.05, 0.1) is 16.2 Å². The van der Waals surface area contributed by atoms with Gasteiger partial charge in [-0.2, -0.15) is 0 Å². The molecule has 1 atom stereocenters. The summed E-state index contributed by atoms with van der Waals surface area (Å²) >= 11 is 6.84. The maximum Gasteiger partial charge on any atom is 0.267 e. The van der Waals surface area contributed by atoms with Crippen molar-refractivity contribution in [2.24, 2.45) is 5.92 Å². The van der Waals surface area contributed by atoms with Crippen LogP contribution < -0.4 is 4.90 Å². The van der Waals surface area contributed by atoms with E-state index in [2.05, 4.69) is 20.8 Å². The van der Waals surface area contributed by atoms with E-state index in [-0.39, 0.29) is 11.8 Å². The van der Waals surface area contributed by atoms with Gasteiger partial charge in [-0.15, -0.1) is 0 Å². The topological polar surface area (TPSA) is 40.6 Å². The van der Waals surface area contributed by atoms with E-state index in [9.17, 15) is 9.59 Å². The van der Waals surface area contributed by atoms with Crippen LogP contribution in [0.3, 0.4) is 0 Å². The number of hydrogen-bond donors (Lipinski definition) is 0. The minimum atomic E-state index is -0.106. The highest BCUT2D eigenvalue weighted by Gasteiger charge is 2.42. The third-order valence-corrected chi connectivity index (χ3v) is 7.17. The number of hydrogen-bond acceptors (Lipinski definition) is 4. The van der Waals surface area contributed by atoms with Crippen molar-refractivity contribution >= 4 is 51.4 Å². The third kappa shape index (κ3) is 4.43. The molecule has 0 aliphatic carbocycles. The molecule has 6 heteroatoms. The number of fused-ring (bicyclic) bond motifs is 1. The molecule has 0 unspecified atom stereocenters. The molecule has 2 aliphatic rings. The molecule has 1 saturated heterocycles. The smallest absolute Gasteiger partial charge is 0.267 e. The van der Waals surface area contributed by atoms with Crippen LogP contribution in [0.5, 0.6) is 0 Å². The van der Waals surface area contributed by atoms with Crippen LogP contribution in [0.4, 0.5) is 5.69 Å². The maximum atomic E-state index is 13.3. The molecule has 1 fully saturated rings. The highest BCUT2D eigenvalue weighted by atomic mass is 32.2. The molecule has 156 valence electrons. The zero-order valence-electron chi connectivity index (χ0n) is 17.6. The van der Waals surface area contributed by atoms with Crippen LogP contribution in [-0.4, -0.2) is 34.1 Å². The first-order valence-corrected chi connectivity index (χ1v) is 11.9. The minimum Gasteiger partial charge on any atom is -0.308 e. The average Bonchev–Trinajstić information content (AvgIpc) is 3.16. The van der Waals surface area contributed by atoms with Crippen molar-refractivity contribution < 1.29 is 9.59 Å². The molecule has 0 radical (unpaired) electrons. The summed E-state index contributed by atoms with van der Waals surface area (Å²) in [6, 6.07) is 7.78. The Balaban J connectivity index is 1.92. The van der Waals surface area contributed by atoms with Crippen LogP contribution in [0.2, 0.25) is 0 Å². The summed E-state index contributed by atoms with van der Waals surface area (Å²) in [5.41, 5.74) is 2.28. The van der Waals surface area contributed by atoms with Crippen LogP contribution in [0.15, 0.2) is 29.2 Å². The molecule has 1 aromatic carbocycles. The summed E-state index contributed by atoms with van der Waals surface area (Å²) in [7, 11) is 0. The summed E-state index contributed by atoms with van der Waals surface area (Å²) in [4.78, 5) is 30.6. The molecular formula is C23H30N2O2S2. The van der Waals surface area contributed by atoms with E-state index < -0.39 is 0 Å². The lowest BCUT2D eigenvalue weighted by atomic mass is 9.98. The number of para-hydroxylation sites is 1. The summed E-state index contributed by atoms with van der Waals surface area (Å²) in [6.45, 7) is 7.78. The summed E-state index contributed by atoms with van der Waals surface area (Å²) < 4.78 is 0.574. The third-order valence-electron chi connectivity index (χ3n) is 5.72. The first kappa shape index (κ1) is 22.0. The van der Waals surface area contributed by atoms with Crippen LogP contribution in [0.1, 0.15) is 64.9 Å². The Hall–Kier alpha value is -1.66. The largest absolute Gasteiger partial charge is 0.308 e. The van der Waals surface area contributed by atoms with Gasteiger partial charge in [0.1, 0.15) is 4.32 Å². The fourth-order valence-corrected chi connectivity index (χ4v) is 5.27. The Kier molecular flexibility index (Phi) is 7.52. The number of anilines is 1. The number of nitrogens with zero attached hydrogens (tertiary/aromatic N) is 2. The number of carbonyl (C=O) groups is 2. The predicted octanol–water partition coefficient (Wildman–Crippen LogP) is 5.62. The van der Waals surface area contributed by atoms with E-state index in [0.717, 1.165) is 49.8 Å². The van der Waals surface area contributed by atoms with Crippen molar-refractivity contribution in [3.63, 3.8) is 0 Å². The fraction of sp³-hybridized carbons (Fsp3) is 0.522. The average molecular weight is 431 g/mol. The van der Waals surface area contributed by atoms with Gasteiger partial charge < -0.3 is 4.90 Å². The lowest BCUT2D eigenvalue weighted by Crippen LogP contribution is -2.33. The molecule has 2 heterocycles. The quantitative estimate of drug-likeness (QED) is 0.376. The van der Waals surface area contributed by atoms with Gasteiger partial charge in [-0.25, -0.2) is 0 Å². The van der Waals surface area contributed by atoms with Gasteiger partial charge in [0.2, 0.25) is 0 Å². The van der Waals surface area contributed by atoms with E-state index in [0.29, 0.717) is 33.8 Å². The van der Waals surface area contributed by atoms with E-state index in [1.807, 2.05) is 29.2 Å². The fourth-order valence-electron chi connectivity index (χ4n) is 3.92. The number of benzene rings is 1. The maximum absolute atomic E-state index is 13.3. The van der Waals surface area contributed by atoms with Crippen LogP contribution in [0, 0.1) is 5.92 Å². The van der Waals surface area contributed by atoms with Gasteiger partial charge in [-0.3, -0.25) is 14.5 Å². The van der Waals surface area contributed by atoms with E-state index in [1.165, 1.54) is 11.8 Å². The Morgan fingerprint density at radius 3 is 2.41 bits per heavy atom. The van der Waals surface area contributed by atoms with Crippen LogP contribution in [-0.2, 0) is 9.59 Å². The Labute approximate surface area is 183 Å². The summed E-state index contributed by atoms with van der Waals surface area (Å²) in [5.74, 6) is 0.262. The van der Waals surface area contributed by atoms with Crippen LogP contribution in [0.25, 0.3) is 5.57 Å². The molecule has 2 aliphatic heterocycles. The Bertz CT molecular complexity index is 834.